The van der Waals surface area contributed by atoms with Crippen molar-refractivity contribution in [1.82, 2.24) is 9.97 Å². The Bertz CT molecular complexity index is 581. The molecule has 0 saturated heterocycles. The second-order valence-electron chi connectivity index (χ2n) is 3.51. The monoisotopic (exact) mass is 254 g/mol. The van der Waals surface area contributed by atoms with Gasteiger partial charge in [-0.25, -0.2) is 0 Å². The molecule has 16 heavy (non-hydrogen) atoms. The molecule has 4 nitrogen and oxygen atoms in total. The topological polar surface area (TPSA) is 66.0 Å². The van der Waals surface area contributed by atoms with Crippen molar-refractivity contribution in [2.24, 2.45) is 0 Å². The van der Waals surface area contributed by atoms with Crippen molar-refractivity contribution in [3.63, 3.8) is 0 Å². The van der Waals surface area contributed by atoms with E-state index < -0.39 is 0 Å². The van der Waals surface area contributed by atoms with E-state index in [2.05, 4.69) is 28.4 Å². The van der Waals surface area contributed by atoms with Crippen molar-refractivity contribution in [3.8, 4) is 0 Å². The van der Waals surface area contributed by atoms with Crippen molar-refractivity contribution in [1.29, 1.82) is 0 Å². The summed E-state index contributed by atoms with van der Waals surface area (Å²) in [6.45, 7) is -0.0807. The Kier molecular flexibility index (Phi) is 3.34. The molecule has 2 rings (SSSR count). The van der Waals surface area contributed by atoms with Gasteiger partial charge in [-0.2, -0.15) is 0 Å². The lowest BCUT2D eigenvalue weighted by atomic mass is 10.2. The number of nitrogens with zero attached hydrogens (tertiary/aromatic N) is 1. The first-order chi connectivity index (χ1) is 7.61. The Morgan fingerprint density at radius 1 is 1.44 bits per heavy atom. The molecule has 0 spiro atoms. The highest BCUT2D eigenvalue weighted by Crippen LogP contribution is 2.27. The van der Waals surface area contributed by atoms with Crippen molar-refractivity contribution >= 4 is 29.5 Å². The molecule has 0 radical (unpaired) electrons. The smallest absolute Gasteiger partial charge is 0.252 e. The fourth-order valence-electron chi connectivity index (χ4n) is 1.48. The van der Waals surface area contributed by atoms with E-state index in [-0.39, 0.29) is 17.6 Å². The van der Waals surface area contributed by atoms with Gasteiger partial charge in [0.2, 0.25) is 0 Å². The van der Waals surface area contributed by atoms with Crippen molar-refractivity contribution in [2.75, 3.05) is 0 Å². The summed E-state index contributed by atoms with van der Waals surface area (Å²) < 4.78 is 0. The van der Waals surface area contributed by atoms with Crippen LogP contribution in [0.2, 0.25) is 0 Å². The Balaban J connectivity index is 2.69. The van der Waals surface area contributed by atoms with Crippen LogP contribution in [0.4, 0.5) is 0 Å². The second-order valence-corrected chi connectivity index (χ2v) is 5.72. The van der Waals surface area contributed by atoms with Crippen LogP contribution in [0.1, 0.15) is 16.5 Å². The predicted molar refractivity (Wildman–Crippen MR) is 70.4 cm³/mol. The molecule has 2 atom stereocenters. The minimum absolute atomic E-state index is 0.00692. The maximum Gasteiger partial charge on any atom is 0.252 e. The van der Waals surface area contributed by atoms with Crippen molar-refractivity contribution in [3.05, 3.63) is 39.8 Å². The van der Waals surface area contributed by atoms with Crippen LogP contribution in [0.15, 0.2) is 23.1 Å². The first kappa shape index (κ1) is 11.7. The van der Waals surface area contributed by atoms with E-state index in [4.69, 9.17) is 5.11 Å². The van der Waals surface area contributed by atoms with Gasteiger partial charge in [-0.1, -0.05) is 0 Å². The summed E-state index contributed by atoms with van der Waals surface area (Å²) in [6.07, 6.45) is 1.60. The fraction of sp³-hybridized carbons (Fsp3) is 0.200. The van der Waals surface area contributed by atoms with Crippen molar-refractivity contribution < 1.29 is 5.11 Å². The summed E-state index contributed by atoms with van der Waals surface area (Å²) in [7, 11) is 5.10. The van der Waals surface area contributed by atoms with Crippen LogP contribution in [0, 0.1) is 0 Å². The first-order valence-corrected chi connectivity index (χ1v) is 6.09. The summed E-state index contributed by atoms with van der Waals surface area (Å²) in [5.74, 6) is 0. The lowest BCUT2D eigenvalue weighted by molar-refractivity contribution is 0.281. The van der Waals surface area contributed by atoms with Gasteiger partial charge in [-0.3, -0.25) is 9.78 Å². The molecule has 2 N–H and O–H groups in total. The minimum Gasteiger partial charge on any atom is -0.392 e. The minimum atomic E-state index is -0.126. The number of hydrogen-bond acceptors (Lipinski definition) is 3. The van der Waals surface area contributed by atoms with E-state index in [1.165, 1.54) is 0 Å². The largest absolute Gasteiger partial charge is 0.392 e. The summed E-state index contributed by atoms with van der Waals surface area (Å²) in [4.78, 5) is 18.6. The number of rotatable bonds is 2. The Hall–Kier alpha value is -0.820. The molecule has 6 heteroatoms. The molecule has 0 aliphatic rings. The highest BCUT2D eigenvalue weighted by molar-refractivity contribution is 7.37. The standard InChI is InChI=1S/C10H12N2O2P2/c13-4-5-1-8-7(11-3-5)2-6(10(15)16)9(14)12-8/h1-3,10,13H,4,15-16H2,(H,12,14). The average molecular weight is 254 g/mol. The molecule has 84 valence electrons. The van der Waals surface area contributed by atoms with Gasteiger partial charge < -0.3 is 10.1 Å². The summed E-state index contributed by atoms with van der Waals surface area (Å²) in [6, 6.07) is 3.49. The molecule has 0 bridgehead atoms. The Morgan fingerprint density at radius 3 is 2.81 bits per heavy atom. The lowest BCUT2D eigenvalue weighted by Crippen LogP contribution is -2.12. The SMILES string of the molecule is O=c1[nH]c2cc(CO)cnc2cc1C(P)P. The third-order valence-corrected chi connectivity index (χ3v) is 3.04. The third kappa shape index (κ3) is 2.15. The summed E-state index contributed by atoms with van der Waals surface area (Å²) >= 11 is 0. The molecule has 2 aromatic rings. The summed E-state index contributed by atoms with van der Waals surface area (Å²) in [5.41, 5.74) is 2.59. The number of fused-ring (bicyclic) bond motifs is 1. The van der Waals surface area contributed by atoms with Gasteiger partial charge >= 0.3 is 0 Å². The first-order valence-electron chi connectivity index (χ1n) is 4.75. The highest BCUT2D eigenvalue weighted by Gasteiger charge is 2.07. The highest BCUT2D eigenvalue weighted by atomic mass is 31.1. The van der Waals surface area contributed by atoms with Crippen LogP contribution in [0.25, 0.3) is 11.0 Å². The molecule has 2 aromatic heterocycles. The van der Waals surface area contributed by atoms with Gasteiger partial charge in [0, 0.05) is 17.2 Å². The van der Waals surface area contributed by atoms with Crippen molar-refractivity contribution in [2.45, 2.75) is 12.0 Å². The number of H-pyrrole nitrogens is 1. The molecule has 0 fully saturated rings. The zero-order valence-electron chi connectivity index (χ0n) is 8.47. The van der Waals surface area contributed by atoms with Crippen LogP contribution in [0.3, 0.4) is 0 Å². The van der Waals surface area contributed by atoms with Gasteiger partial charge in [0.05, 0.1) is 17.6 Å². The molecule has 0 aliphatic carbocycles. The molecule has 2 heterocycles. The van der Waals surface area contributed by atoms with E-state index in [1.807, 2.05) is 0 Å². The lowest BCUT2D eigenvalue weighted by Gasteiger charge is -2.06. The maximum absolute atomic E-state index is 11.7. The van der Waals surface area contributed by atoms with Crippen LogP contribution in [0.5, 0.6) is 0 Å². The maximum atomic E-state index is 11.7. The van der Waals surface area contributed by atoms with E-state index in [1.54, 1.807) is 18.3 Å². The van der Waals surface area contributed by atoms with E-state index >= 15 is 0 Å². The van der Waals surface area contributed by atoms with Crippen LogP contribution in [-0.2, 0) is 6.61 Å². The zero-order chi connectivity index (χ0) is 11.7. The number of hydrogen-bond donors (Lipinski definition) is 2. The number of aromatic nitrogens is 2. The van der Waals surface area contributed by atoms with Gasteiger partial charge in [0.1, 0.15) is 0 Å². The van der Waals surface area contributed by atoms with Gasteiger partial charge in [-0.15, -0.1) is 18.5 Å². The molecule has 2 unspecified atom stereocenters. The number of aromatic amines is 1. The molecular weight excluding hydrogens is 242 g/mol. The quantitative estimate of drug-likeness (QED) is 0.790. The molecule has 0 saturated carbocycles. The molecule has 0 aromatic carbocycles. The van der Waals surface area contributed by atoms with Gasteiger partial charge in [0.15, 0.2) is 0 Å². The van der Waals surface area contributed by atoms with Crippen LogP contribution >= 0.6 is 18.5 Å². The summed E-state index contributed by atoms with van der Waals surface area (Å²) in [5, 5.41) is 8.98. The number of aliphatic hydroxyl groups excluding tert-OH is 1. The molecule has 0 aliphatic heterocycles. The zero-order valence-corrected chi connectivity index (χ0v) is 10.8. The average Bonchev–Trinajstić information content (AvgIpc) is 2.27. The number of nitrogens with one attached hydrogen (secondary N) is 1. The van der Waals surface area contributed by atoms with E-state index in [0.717, 1.165) is 5.52 Å². The fourth-order valence-corrected chi connectivity index (χ4v) is 1.97. The second kappa shape index (κ2) is 4.58. The van der Waals surface area contributed by atoms with E-state index in [0.29, 0.717) is 16.6 Å². The van der Waals surface area contributed by atoms with Gasteiger partial charge in [-0.05, 0) is 17.7 Å². The molecular formula is C10H12N2O2P2. The Morgan fingerprint density at radius 2 is 2.19 bits per heavy atom. The molecule has 0 amide bonds. The Labute approximate surface area is 96.9 Å². The normalized spacial score (nSPS) is 11.2. The number of aliphatic hydroxyl groups is 1. The predicted octanol–water partition coefficient (Wildman–Crippen LogP) is 1.16. The van der Waals surface area contributed by atoms with E-state index in [9.17, 15) is 4.79 Å². The van der Waals surface area contributed by atoms with Gasteiger partial charge in [0.25, 0.3) is 5.56 Å². The van der Waals surface area contributed by atoms with Crippen LogP contribution < -0.4 is 5.56 Å². The third-order valence-electron chi connectivity index (χ3n) is 2.32. The van der Waals surface area contributed by atoms with Crippen LogP contribution in [-0.4, -0.2) is 15.1 Å². The number of pyridine rings is 2.